The van der Waals surface area contributed by atoms with Crippen LogP contribution in [0, 0.1) is 0 Å². The minimum absolute atomic E-state index is 0.0171. The van der Waals surface area contributed by atoms with Gasteiger partial charge in [0, 0.05) is 13.1 Å². The first-order chi connectivity index (χ1) is 8.10. The van der Waals surface area contributed by atoms with E-state index in [0.29, 0.717) is 13.0 Å². The van der Waals surface area contributed by atoms with E-state index in [1.165, 1.54) is 12.1 Å². The molecule has 0 aliphatic rings. The molecule has 0 aliphatic heterocycles. The molecule has 0 spiro atoms. The van der Waals surface area contributed by atoms with Crippen LogP contribution in [0.3, 0.4) is 0 Å². The summed E-state index contributed by atoms with van der Waals surface area (Å²) in [6, 6.07) is 6.12. The summed E-state index contributed by atoms with van der Waals surface area (Å²) in [5.74, 6) is 0. The predicted octanol–water partition coefficient (Wildman–Crippen LogP) is -0.797. The molecule has 94 valence electrons. The van der Waals surface area contributed by atoms with E-state index in [-0.39, 0.29) is 18.0 Å². The van der Waals surface area contributed by atoms with Gasteiger partial charge in [-0.05, 0) is 17.7 Å². The lowest BCUT2D eigenvalue weighted by atomic mass is 10.2. The van der Waals surface area contributed by atoms with E-state index < -0.39 is 10.0 Å². The van der Waals surface area contributed by atoms with Gasteiger partial charge in [0.1, 0.15) is 0 Å². The highest BCUT2D eigenvalue weighted by Gasteiger charge is 2.12. The largest absolute Gasteiger partial charge is 0.395 e. The molecule has 0 atom stereocenters. The molecule has 7 heteroatoms. The molecule has 0 saturated heterocycles. The molecule has 0 heterocycles. The minimum Gasteiger partial charge on any atom is -0.395 e. The third-order valence-corrected chi connectivity index (χ3v) is 3.50. The van der Waals surface area contributed by atoms with Gasteiger partial charge in [0.05, 0.1) is 11.5 Å². The van der Waals surface area contributed by atoms with Gasteiger partial charge in [0.2, 0.25) is 16.4 Å². The summed E-state index contributed by atoms with van der Waals surface area (Å²) >= 11 is 0. The van der Waals surface area contributed by atoms with Crippen LogP contribution in [0.5, 0.6) is 0 Å². The van der Waals surface area contributed by atoms with Gasteiger partial charge in [0.15, 0.2) is 0 Å². The molecule has 0 unspecified atom stereocenters. The van der Waals surface area contributed by atoms with E-state index in [1.807, 2.05) is 0 Å². The fourth-order valence-electron chi connectivity index (χ4n) is 1.21. The molecule has 1 amide bonds. The van der Waals surface area contributed by atoms with Crippen LogP contribution in [0.4, 0.5) is 0 Å². The second kappa shape index (κ2) is 6.33. The molecule has 0 bridgehead atoms. The Bertz CT molecular complexity index is 456. The van der Waals surface area contributed by atoms with Crippen LogP contribution in [0.1, 0.15) is 5.56 Å². The van der Waals surface area contributed by atoms with Crippen molar-refractivity contribution in [2.75, 3.05) is 13.2 Å². The fraction of sp³-hybridized carbons (Fsp3) is 0.300. The molecule has 0 aliphatic carbocycles. The lowest BCUT2D eigenvalue weighted by molar-refractivity contribution is -0.109. The topological polar surface area (TPSA) is 95.5 Å². The van der Waals surface area contributed by atoms with Crippen molar-refractivity contribution in [2.45, 2.75) is 11.4 Å². The number of hydrogen-bond acceptors (Lipinski definition) is 4. The lowest BCUT2D eigenvalue weighted by Gasteiger charge is -2.06. The molecule has 0 saturated carbocycles. The number of nitrogens with one attached hydrogen (secondary N) is 2. The van der Waals surface area contributed by atoms with Gasteiger partial charge >= 0.3 is 0 Å². The van der Waals surface area contributed by atoms with Gasteiger partial charge in [-0.2, -0.15) is 0 Å². The molecule has 17 heavy (non-hydrogen) atoms. The Labute approximate surface area is 99.7 Å². The highest BCUT2D eigenvalue weighted by Crippen LogP contribution is 2.10. The Morgan fingerprint density at radius 1 is 1.24 bits per heavy atom. The third kappa shape index (κ3) is 4.14. The second-order valence-electron chi connectivity index (χ2n) is 3.26. The number of hydrogen-bond donors (Lipinski definition) is 3. The van der Waals surface area contributed by atoms with Gasteiger partial charge in [-0.25, -0.2) is 13.1 Å². The van der Waals surface area contributed by atoms with Crippen molar-refractivity contribution in [2.24, 2.45) is 0 Å². The van der Waals surface area contributed by atoms with Crippen LogP contribution in [-0.2, 0) is 21.4 Å². The summed E-state index contributed by atoms with van der Waals surface area (Å²) < 4.78 is 25.5. The zero-order valence-corrected chi connectivity index (χ0v) is 9.90. The van der Waals surface area contributed by atoms with Crippen LogP contribution >= 0.6 is 0 Å². The normalized spacial score (nSPS) is 11.1. The third-order valence-electron chi connectivity index (χ3n) is 2.03. The van der Waals surface area contributed by atoms with Gasteiger partial charge in [-0.15, -0.1) is 0 Å². The SMILES string of the molecule is O=CNCc1ccc(S(=O)(=O)NCCO)cc1. The van der Waals surface area contributed by atoms with E-state index in [1.54, 1.807) is 12.1 Å². The Kier molecular flexibility index (Phi) is 5.08. The van der Waals surface area contributed by atoms with Gasteiger partial charge in [0.25, 0.3) is 0 Å². The maximum absolute atomic E-state index is 11.6. The maximum atomic E-state index is 11.6. The Hall–Kier alpha value is -1.44. The number of amides is 1. The van der Waals surface area contributed by atoms with Gasteiger partial charge < -0.3 is 10.4 Å². The highest BCUT2D eigenvalue weighted by molar-refractivity contribution is 7.89. The first kappa shape index (κ1) is 13.6. The van der Waals surface area contributed by atoms with E-state index in [9.17, 15) is 13.2 Å². The molecular weight excluding hydrogens is 244 g/mol. The Morgan fingerprint density at radius 2 is 1.88 bits per heavy atom. The van der Waals surface area contributed by atoms with Crippen LogP contribution in [0.15, 0.2) is 29.2 Å². The molecule has 0 aromatic heterocycles. The van der Waals surface area contributed by atoms with Crippen LogP contribution < -0.4 is 10.0 Å². The first-order valence-corrected chi connectivity index (χ1v) is 6.45. The van der Waals surface area contributed by atoms with Gasteiger partial charge in [-0.1, -0.05) is 12.1 Å². The quantitative estimate of drug-likeness (QED) is 0.558. The predicted molar refractivity (Wildman–Crippen MR) is 61.6 cm³/mol. The molecule has 1 rings (SSSR count). The first-order valence-electron chi connectivity index (χ1n) is 4.96. The van der Waals surface area contributed by atoms with Crippen molar-refractivity contribution in [1.82, 2.24) is 10.0 Å². The Balaban J connectivity index is 2.76. The standard InChI is InChI=1S/C10H14N2O4S/c13-6-5-12-17(15,16)10-3-1-9(2-4-10)7-11-8-14/h1-4,8,12-13H,5-7H2,(H,11,14). The molecule has 1 aromatic carbocycles. The monoisotopic (exact) mass is 258 g/mol. The summed E-state index contributed by atoms with van der Waals surface area (Å²) in [7, 11) is -3.56. The zero-order valence-electron chi connectivity index (χ0n) is 9.09. The average Bonchev–Trinajstić information content (AvgIpc) is 2.34. The maximum Gasteiger partial charge on any atom is 0.240 e. The molecule has 3 N–H and O–H groups in total. The van der Waals surface area contributed by atoms with Crippen LogP contribution in [0.25, 0.3) is 0 Å². The second-order valence-corrected chi connectivity index (χ2v) is 5.03. The van der Waals surface area contributed by atoms with Crippen molar-refractivity contribution in [3.8, 4) is 0 Å². The average molecular weight is 258 g/mol. The zero-order chi connectivity index (χ0) is 12.7. The van der Waals surface area contributed by atoms with Crippen molar-refractivity contribution < 1.29 is 18.3 Å². The van der Waals surface area contributed by atoms with Crippen molar-refractivity contribution in [3.05, 3.63) is 29.8 Å². The lowest BCUT2D eigenvalue weighted by Crippen LogP contribution is -2.26. The summed E-state index contributed by atoms with van der Waals surface area (Å²) in [4.78, 5) is 10.2. The minimum atomic E-state index is -3.56. The number of sulfonamides is 1. The number of carbonyl (C=O) groups excluding carboxylic acids is 1. The van der Waals surface area contributed by atoms with Crippen LogP contribution in [0.2, 0.25) is 0 Å². The van der Waals surface area contributed by atoms with E-state index in [4.69, 9.17) is 5.11 Å². The van der Waals surface area contributed by atoms with Crippen molar-refractivity contribution in [3.63, 3.8) is 0 Å². The summed E-state index contributed by atoms with van der Waals surface area (Å²) in [6.07, 6.45) is 0.577. The summed E-state index contributed by atoms with van der Waals surface area (Å²) in [6.45, 7) is 0.0885. The number of carbonyl (C=O) groups is 1. The molecule has 0 radical (unpaired) electrons. The highest BCUT2D eigenvalue weighted by atomic mass is 32.2. The van der Waals surface area contributed by atoms with E-state index in [0.717, 1.165) is 5.56 Å². The molecule has 6 nitrogen and oxygen atoms in total. The smallest absolute Gasteiger partial charge is 0.240 e. The molecule has 1 aromatic rings. The summed E-state index contributed by atoms with van der Waals surface area (Å²) in [5.41, 5.74) is 0.804. The number of rotatable bonds is 7. The number of aliphatic hydroxyl groups is 1. The van der Waals surface area contributed by atoms with Crippen molar-refractivity contribution in [1.29, 1.82) is 0 Å². The van der Waals surface area contributed by atoms with E-state index in [2.05, 4.69) is 10.0 Å². The van der Waals surface area contributed by atoms with Crippen LogP contribution in [-0.4, -0.2) is 33.1 Å². The van der Waals surface area contributed by atoms with Gasteiger partial charge in [-0.3, -0.25) is 4.79 Å². The van der Waals surface area contributed by atoms with Crippen molar-refractivity contribution >= 4 is 16.4 Å². The molecule has 0 fully saturated rings. The fourth-order valence-corrected chi connectivity index (χ4v) is 2.23. The number of aliphatic hydroxyl groups excluding tert-OH is 1. The molecular formula is C10H14N2O4S. The summed E-state index contributed by atoms with van der Waals surface area (Å²) in [5, 5.41) is 11.0. The Morgan fingerprint density at radius 3 is 2.41 bits per heavy atom. The van der Waals surface area contributed by atoms with E-state index >= 15 is 0 Å². The number of benzene rings is 1.